The molecule has 0 saturated carbocycles. The van der Waals surface area contributed by atoms with Gasteiger partial charge in [-0.3, -0.25) is 14.8 Å². The van der Waals surface area contributed by atoms with Gasteiger partial charge in [-0.05, 0) is 18.9 Å². The summed E-state index contributed by atoms with van der Waals surface area (Å²) in [6, 6.07) is 1.63. The Hall–Kier alpha value is -2.37. The molecule has 2 aromatic rings. The lowest BCUT2D eigenvalue weighted by molar-refractivity contribution is 0.0726. The van der Waals surface area contributed by atoms with Crippen molar-refractivity contribution in [3.63, 3.8) is 0 Å². The molecular weight excluding hydrogens is 242 g/mol. The fourth-order valence-electron chi connectivity index (χ4n) is 2.36. The van der Waals surface area contributed by atoms with Gasteiger partial charge in [0.25, 0.3) is 5.91 Å². The molecule has 1 aliphatic rings. The van der Waals surface area contributed by atoms with Crippen molar-refractivity contribution in [2.24, 2.45) is 0 Å². The molecule has 2 aromatic heterocycles. The number of rotatable bonds is 2. The zero-order valence-corrected chi connectivity index (χ0v) is 10.3. The van der Waals surface area contributed by atoms with E-state index >= 15 is 0 Å². The Bertz CT molecular complexity index is 560. The average Bonchev–Trinajstić information content (AvgIpc) is 2.98. The highest BCUT2D eigenvalue weighted by Gasteiger charge is 2.32. The fraction of sp³-hybridized carbons (Fsp3) is 0.308. The van der Waals surface area contributed by atoms with E-state index in [0.717, 1.165) is 25.1 Å². The van der Waals surface area contributed by atoms with Crippen molar-refractivity contribution < 1.29 is 4.79 Å². The van der Waals surface area contributed by atoms with Crippen LogP contribution in [0.1, 0.15) is 35.1 Å². The highest BCUT2D eigenvalue weighted by molar-refractivity contribution is 5.92. The van der Waals surface area contributed by atoms with Gasteiger partial charge in [0.15, 0.2) is 0 Å². The molecule has 0 radical (unpaired) electrons. The van der Waals surface area contributed by atoms with E-state index in [2.05, 4.69) is 19.9 Å². The molecule has 0 unspecified atom stereocenters. The highest BCUT2D eigenvalue weighted by Crippen LogP contribution is 2.31. The van der Waals surface area contributed by atoms with E-state index in [9.17, 15) is 4.79 Å². The molecule has 1 amide bonds. The summed E-state index contributed by atoms with van der Waals surface area (Å²) < 4.78 is 0. The Morgan fingerprint density at radius 2 is 2.16 bits per heavy atom. The van der Waals surface area contributed by atoms with Crippen molar-refractivity contribution in [3.05, 3.63) is 48.6 Å². The van der Waals surface area contributed by atoms with E-state index < -0.39 is 0 Å². The molecule has 3 heterocycles. The lowest BCUT2D eigenvalue weighted by atomic mass is 10.1. The lowest BCUT2D eigenvalue weighted by Crippen LogP contribution is -2.31. The second-order valence-corrected chi connectivity index (χ2v) is 4.38. The maximum absolute atomic E-state index is 12.4. The summed E-state index contributed by atoms with van der Waals surface area (Å²) in [6.07, 6.45) is 9.86. The van der Waals surface area contributed by atoms with Crippen LogP contribution in [0, 0.1) is 0 Å². The summed E-state index contributed by atoms with van der Waals surface area (Å²) in [6.45, 7) is 0.726. The minimum absolute atomic E-state index is 0.00355. The molecule has 3 rings (SSSR count). The number of carbonyl (C=O) groups excluding carboxylic acids is 1. The first-order chi connectivity index (χ1) is 9.36. The van der Waals surface area contributed by atoms with Gasteiger partial charge in [-0.2, -0.15) is 0 Å². The van der Waals surface area contributed by atoms with Crippen molar-refractivity contribution in [2.45, 2.75) is 18.9 Å². The molecule has 19 heavy (non-hydrogen) atoms. The molecule has 96 valence electrons. The summed E-state index contributed by atoms with van der Waals surface area (Å²) in [5.41, 5.74) is 1.26. The lowest BCUT2D eigenvalue weighted by Gasteiger charge is -2.23. The van der Waals surface area contributed by atoms with Crippen LogP contribution in [-0.2, 0) is 0 Å². The minimum atomic E-state index is -0.0736. The van der Waals surface area contributed by atoms with Crippen LogP contribution < -0.4 is 0 Å². The SMILES string of the molecule is O=C(c1ccncn1)N1CCC[C@H]1c1cnccn1. The van der Waals surface area contributed by atoms with Gasteiger partial charge in [0.05, 0.1) is 17.9 Å². The van der Waals surface area contributed by atoms with E-state index in [1.807, 2.05) is 4.90 Å². The molecule has 0 N–H and O–H groups in total. The van der Waals surface area contributed by atoms with E-state index in [4.69, 9.17) is 0 Å². The highest BCUT2D eigenvalue weighted by atomic mass is 16.2. The first-order valence-electron chi connectivity index (χ1n) is 6.19. The van der Waals surface area contributed by atoms with Crippen molar-refractivity contribution in [3.8, 4) is 0 Å². The van der Waals surface area contributed by atoms with E-state index in [1.165, 1.54) is 6.33 Å². The topological polar surface area (TPSA) is 71.9 Å². The first-order valence-corrected chi connectivity index (χ1v) is 6.19. The van der Waals surface area contributed by atoms with Gasteiger partial charge in [-0.25, -0.2) is 9.97 Å². The smallest absolute Gasteiger partial charge is 0.273 e. The largest absolute Gasteiger partial charge is 0.329 e. The van der Waals surface area contributed by atoms with Crippen LogP contribution in [0.4, 0.5) is 0 Å². The number of hydrogen-bond acceptors (Lipinski definition) is 5. The molecular formula is C13H13N5O. The standard InChI is InChI=1S/C13H13N5O/c19-13(10-3-4-15-9-17-10)18-7-1-2-12(18)11-8-14-5-6-16-11/h3-6,8-9,12H,1-2,7H2/t12-/m0/s1. The molecule has 6 heteroatoms. The molecule has 0 aromatic carbocycles. The number of nitrogens with zero attached hydrogens (tertiary/aromatic N) is 5. The predicted octanol–water partition coefficient (Wildman–Crippen LogP) is 1.24. The summed E-state index contributed by atoms with van der Waals surface area (Å²) in [4.78, 5) is 30.4. The Balaban J connectivity index is 1.86. The molecule has 0 spiro atoms. The summed E-state index contributed by atoms with van der Waals surface area (Å²) in [5, 5.41) is 0. The number of amides is 1. The Kier molecular flexibility index (Phi) is 3.14. The van der Waals surface area contributed by atoms with Gasteiger partial charge in [0, 0.05) is 25.1 Å². The van der Waals surface area contributed by atoms with Crippen molar-refractivity contribution in [2.75, 3.05) is 6.54 Å². The second-order valence-electron chi connectivity index (χ2n) is 4.38. The normalized spacial score (nSPS) is 18.5. The minimum Gasteiger partial charge on any atom is -0.329 e. The monoisotopic (exact) mass is 255 g/mol. The molecule has 1 fully saturated rings. The van der Waals surface area contributed by atoms with Gasteiger partial charge >= 0.3 is 0 Å². The summed E-state index contributed by atoms with van der Waals surface area (Å²) in [7, 11) is 0. The van der Waals surface area contributed by atoms with Crippen LogP contribution in [0.25, 0.3) is 0 Å². The zero-order chi connectivity index (χ0) is 13.1. The summed E-state index contributed by atoms with van der Waals surface area (Å²) in [5.74, 6) is -0.0736. The summed E-state index contributed by atoms with van der Waals surface area (Å²) >= 11 is 0. The number of hydrogen-bond donors (Lipinski definition) is 0. The zero-order valence-electron chi connectivity index (χ0n) is 10.3. The Morgan fingerprint density at radius 1 is 1.21 bits per heavy atom. The van der Waals surface area contributed by atoms with Gasteiger partial charge in [0.1, 0.15) is 12.0 Å². The maximum Gasteiger partial charge on any atom is 0.273 e. The van der Waals surface area contributed by atoms with Crippen LogP contribution >= 0.6 is 0 Å². The fourth-order valence-corrected chi connectivity index (χ4v) is 2.36. The molecule has 0 bridgehead atoms. The van der Waals surface area contributed by atoms with E-state index in [1.54, 1.807) is 30.9 Å². The third-order valence-corrected chi connectivity index (χ3v) is 3.24. The average molecular weight is 255 g/mol. The van der Waals surface area contributed by atoms with Crippen molar-refractivity contribution >= 4 is 5.91 Å². The third kappa shape index (κ3) is 2.29. The molecule has 1 saturated heterocycles. The van der Waals surface area contributed by atoms with Crippen LogP contribution in [0.2, 0.25) is 0 Å². The van der Waals surface area contributed by atoms with Crippen LogP contribution in [0.15, 0.2) is 37.2 Å². The second kappa shape index (κ2) is 5.09. The first kappa shape index (κ1) is 11.7. The van der Waals surface area contributed by atoms with Crippen molar-refractivity contribution in [1.82, 2.24) is 24.8 Å². The molecule has 1 atom stereocenters. The van der Waals surface area contributed by atoms with Crippen LogP contribution in [0.3, 0.4) is 0 Å². The quantitative estimate of drug-likeness (QED) is 0.807. The van der Waals surface area contributed by atoms with Gasteiger partial charge < -0.3 is 4.90 Å². The maximum atomic E-state index is 12.4. The Morgan fingerprint density at radius 3 is 2.89 bits per heavy atom. The number of carbonyl (C=O) groups is 1. The van der Waals surface area contributed by atoms with Crippen LogP contribution in [0.5, 0.6) is 0 Å². The van der Waals surface area contributed by atoms with Crippen LogP contribution in [-0.4, -0.2) is 37.3 Å². The van der Waals surface area contributed by atoms with Crippen molar-refractivity contribution in [1.29, 1.82) is 0 Å². The van der Waals surface area contributed by atoms with E-state index in [-0.39, 0.29) is 11.9 Å². The van der Waals surface area contributed by atoms with Gasteiger partial charge in [0.2, 0.25) is 0 Å². The number of aromatic nitrogens is 4. The number of likely N-dealkylation sites (tertiary alicyclic amines) is 1. The molecule has 1 aliphatic heterocycles. The Labute approximate surface area is 110 Å². The predicted molar refractivity (Wildman–Crippen MR) is 67.1 cm³/mol. The molecule has 0 aliphatic carbocycles. The van der Waals surface area contributed by atoms with Gasteiger partial charge in [-0.15, -0.1) is 0 Å². The van der Waals surface area contributed by atoms with E-state index in [0.29, 0.717) is 5.69 Å². The third-order valence-electron chi connectivity index (χ3n) is 3.24. The molecule has 6 nitrogen and oxygen atoms in total. The van der Waals surface area contributed by atoms with Gasteiger partial charge in [-0.1, -0.05) is 0 Å².